The van der Waals surface area contributed by atoms with Gasteiger partial charge in [-0.2, -0.15) is 0 Å². The predicted molar refractivity (Wildman–Crippen MR) is 159 cm³/mol. The first-order valence-corrected chi connectivity index (χ1v) is 14.8. The Kier molecular flexibility index (Phi) is 8.33. The van der Waals surface area contributed by atoms with Gasteiger partial charge in [-0.3, -0.25) is 9.59 Å². The van der Waals surface area contributed by atoms with Gasteiger partial charge in [-0.1, -0.05) is 43.3 Å². The molecule has 200 valence electrons. The standard InChI is InChI=1S/C31H30N2O4S2/c1-3-25(29(35)33-30-27(31(36)37-2)24-13-6-7-14-26(24)39-30)38-23-12-8-11-22(18-23)32-28(34)21-16-15-19-9-4-5-10-20(19)17-21/h4-5,8-12,15-18,25H,3,6-7,13-14H2,1-2H3,(H,32,34)(H,33,35). The second-order valence-corrected chi connectivity index (χ2v) is 11.8. The number of methoxy groups -OCH3 is 1. The fraction of sp³-hybridized carbons (Fsp3) is 0.258. The van der Waals surface area contributed by atoms with Crippen LogP contribution in [-0.2, 0) is 22.4 Å². The van der Waals surface area contributed by atoms with Crippen LogP contribution in [0.1, 0.15) is 57.3 Å². The van der Waals surface area contributed by atoms with E-state index in [1.165, 1.54) is 30.2 Å². The van der Waals surface area contributed by atoms with Crippen molar-refractivity contribution in [3.63, 3.8) is 0 Å². The molecule has 0 radical (unpaired) electrons. The lowest BCUT2D eigenvalue weighted by Gasteiger charge is -2.16. The van der Waals surface area contributed by atoms with Crippen molar-refractivity contribution in [1.29, 1.82) is 0 Å². The van der Waals surface area contributed by atoms with Crippen LogP contribution in [0.3, 0.4) is 0 Å². The number of amides is 2. The summed E-state index contributed by atoms with van der Waals surface area (Å²) < 4.78 is 5.04. The van der Waals surface area contributed by atoms with Gasteiger partial charge >= 0.3 is 5.97 Å². The molecule has 0 bridgehead atoms. The molecular weight excluding hydrogens is 528 g/mol. The number of hydrogen-bond donors (Lipinski definition) is 2. The van der Waals surface area contributed by atoms with Crippen molar-refractivity contribution >= 4 is 62.3 Å². The highest BCUT2D eigenvalue weighted by molar-refractivity contribution is 8.00. The third kappa shape index (κ3) is 6.02. The zero-order valence-corrected chi connectivity index (χ0v) is 23.5. The zero-order chi connectivity index (χ0) is 27.4. The first-order chi connectivity index (χ1) is 19.0. The molecule has 0 fully saturated rings. The van der Waals surface area contributed by atoms with Crippen molar-refractivity contribution in [2.75, 3.05) is 17.7 Å². The van der Waals surface area contributed by atoms with Crippen molar-refractivity contribution in [2.24, 2.45) is 0 Å². The van der Waals surface area contributed by atoms with Crippen LogP contribution in [0.15, 0.2) is 71.6 Å². The summed E-state index contributed by atoms with van der Waals surface area (Å²) in [4.78, 5) is 40.9. The average Bonchev–Trinajstić information content (AvgIpc) is 3.33. The summed E-state index contributed by atoms with van der Waals surface area (Å²) in [6, 6.07) is 21.1. The Morgan fingerprint density at radius 3 is 2.54 bits per heavy atom. The highest BCUT2D eigenvalue weighted by Crippen LogP contribution is 2.39. The van der Waals surface area contributed by atoms with Gasteiger partial charge in [0.25, 0.3) is 5.91 Å². The van der Waals surface area contributed by atoms with Crippen molar-refractivity contribution in [3.8, 4) is 0 Å². The number of benzene rings is 3. The number of carbonyl (C=O) groups excluding carboxylic acids is 3. The second-order valence-electron chi connectivity index (χ2n) is 9.45. The summed E-state index contributed by atoms with van der Waals surface area (Å²) in [6.45, 7) is 1.96. The molecule has 8 heteroatoms. The SMILES string of the molecule is CCC(Sc1cccc(NC(=O)c2ccc3ccccc3c2)c1)C(=O)Nc1sc2c(c1C(=O)OC)CCCC2. The second kappa shape index (κ2) is 12.1. The van der Waals surface area contributed by atoms with E-state index >= 15 is 0 Å². The summed E-state index contributed by atoms with van der Waals surface area (Å²) in [5.74, 6) is -0.748. The lowest BCUT2D eigenvalue weighted by atomic mass is 9.95. The summed E-state index contributed by atoms with van der Waals surface area (Å²) in [7, 11) is 1.37. The number of carbonyl (C=O) groups is 3. The maximum Gasteiger partial charge on any atom is 0.341 e. The average molecular weight is 559 g/mol. The van der Waals surface area contributed by atoms with Crippen molar-refractivity contribution in [2.45, 2.75) is 49.2 Å². The number of rotatable bonds is 8. The third-order valence-corrected chi connectivity index (χ3v) is 9.41. The molecule has 0 saturated heterocycles. The molecule has 0 saturated carbocycles. The van der Waals surface area contributed by atoms with Crippen molar-refractivity contribution in [1.82, 2.24) is 0 Å². The van der Waals surface area contributed by atoms with E-state index in [-0.39, 0.29) is 17.1 Å². The summed E-state index contributed by atoms with van der Waals surface area (Å²) >= 11 is 2.92. The van der Waals surface area contributed by atoms with Crippen LogP contribution in [0.25, 0.3) is 10.8 Å². The minimum absolute atomic E-state index is 0.156. The van der Waals surface area contributed by atoms with Gasteiger partial charge < -0.3 is 15.4 Å². The largest absolute Gasteiger partial charge is 0.465 e. The van der Waals surface area contributed by atoms with Crippen LogP contribution in [0, 0.1) is 0 Å². The number of aryl methyl sites for hydroxylation is 1. The monoisotopic (exact) mass is 558 g/mol. The van der Waals surface area contributed by atoms with Gasteiger partial charge in [-0.25, -0.2) is 4.79 Å². The highest BCUT2D eigenvalue weighted by atomic mass is 32.2. The Hall–Kier alpha value is -3.62. The number of fused-ring (bicyclic) bond motifs is 2. The lowest BCUT2D eigenvalue weighted by Crippen LogP contribution is -2.25. The molecule has 0 spiro atoms. The van der Waals surface area contributed by atoms with Crippen molar-refractivity contribution < 1.29 is 19.1 Å². The number of esters is 1. The number of ether oxygens (including phenoxy) is 1. The number of thioether (sulfide) groups is 1. The third-order valence-electron chi connectivity index (χ3n) is 6.84. The molecule has 1 aliphatic rings. The first-order valence-electron chi connectivity index (χ1n) is 13.1. The van der Waals surface area contributed by atoms with E-state index in [1.807, 2.05) is 73.7 Å². The predicted octanol–water partition coefficient (Wildman–Crippen LogP) is 7.33. The zero-order valence-electron chi connectivity index (χ0n) is 21.9. The molecule has 4 aromatic rings. The van der Waals surface area contributed by atoms with Gasteiger partial charge in [0.2, 0.25) is 5.91 Å². The van der Waals surface area contributed by atoms with E-state index in [4.69, 9.17) is 4.74 Å². The van der Waals surface area contributed by atoms with E-state index in [2.05, 4.69) is 10.6 Å². The normalized spacial score (nSPS) is 13.4. The summed E-state index contributed by atoms with van der Waals surface area (Å²) in [6.07, 6.45) is 4.47. The highest BCUT2D eigenvalue weighted by Gasteiger charge is 2.28. The fourth-order valence-corrected chi connectivity index (χ4v) is 7.13. The topological polar surface area (TPSA) is 84.5 Å². The van der Waals surface area contributed by atoms with Crippen LogP contribution in [-0.4, -0.2) is 30.1 Å². The molecule has 1 aliphatic carbocycles. The quantitative estimate of drug-likeness (QED) is 0.175. The van der Waals surface area contributed by atoms with E-state index in [1.54, 1.807) is 0 Å². The smallest absolute Gasteiger partial charge is 0.341 e. The van der Waals surface area contributed by atoms with Gasteiger partial charge in [0.1, 0.15) is 5.00 Å². The van der Waals surface area contributed by atoms with Gasteiger partial charge in [0.05, 0.1) is 17.9 Å². The molecule has 0 aliphatic heterocycles. The maximum atomic E-state index is 13.3. The Balaban J connectivity index is 1.28. The summed E-state index contributed by atoms with van der Waals surface area (Å²) in [5.41, 5.74) is 2.76. The van der Waals surface area contributed by atoms with Crippen LogP contribution in [0.5, 0.6) is 0 Å². The Bertz CT molecular complexity index is 1540. The number of nitrogens with one attached hydrogen (secondary N) is 2. The molecular formula is C31H30N2O4S2. The molecule has 1 heterocycles. The molecule has 3 aromatic carbocycles. The number of hydrogen-bond acceptors (Lipinski definition) is 6. The molecule has 5 rings (SSSR count). The number of anilines is 2. The molecule has 6 nitrogen and oxygen atoms in total. The van der Waals surface area contributed by atoms with E-state index in [0.717, 1.165) is 51.8 Å². The maximum absolute atomic E-state index is 13.3. The van der Waals surface area contributed by atoms with Crippen LogP contribution in [0.4, 0.5) is 10.7 Å². The van der Waals surface area contributed by atoms with Gasteiger partial charge in [-0.15, -0.1) is 23.1 Å². The molecule has 1 aromatic heterocycles. The minimum atomic E-state index is -0.403. The summed E-state index contributed by atoms with van der Waals surface area (Å²) in [5, 5.41) is 8.29. The van der Waals surface area contributed by atoms with E-state index in [9.17, 15) is 14.4 Å². The van der Waals surface area contributed by atoms with E-state index < -0.39 is 5.97 Å². The lowest BCUT2D eigenvalue weighted by molar-refractivity contribution is -0.115. The van der Waals surface area contributed by atoms with Gasteiger partial charge in [0, 0.05) is 21.0 Å². The first kappa shape index (κ1) is 27.0. The fourth-order valence-electron chi connectivity index (χ4n) is 4.83. The number of thiophene rings is 1. The van der Waals surface area contributed by atoms with Crippen LogP contribution >= 0.6 is 23.1 Å². The molecule has 1 unspecified atom stereocenters. The van der Waals surface area contributed by atoms with Crippen LogP contribution < -0.4 is 10.6 Å². The van der Waals surface area contributed by atoms with Gasteiger partial charge in [-0.05, 0) is 78.8 Å². The molecule has 1 atom stereocenters. The molecule has 2 amide bonds. The molecule has 39 heavy (non-hydrogen) atoms. The molecule has 2 N–H and O–H groups in total. The van der Waals surface area contributed by atoms with Crippen molar-refractivity contribution in [3.05, 3.63) is 88.3 Å². The van der Waals surface area contributed by atoms with Gasteiger partial charge in [0.15, 0.2) is 0 Å². The van der Waals surface area contributed by atoms with Crippen LogP contribution in [0.2, 0.25) is 0 Å². The Labute approximate surface area is 236 Å². The van der Waals surface area contributed by atoms with E-state index in [0.29, 0.717) is 28.2 Å². The Morgan fingerprint density at radius 2 is 1.74 bits per heavy atom. The minimum Gasteiger partial charge on any atom is -0.465 e. The Morgan fingerprint density at radius 1 is 0.949 bits per heavy atom.